The summed E-state index contributed by atoms with van der Waals surface area (Å²) >= 11 is 5.49. The van der Waals surface area contributed by atoms with Gasteiger partial charge in [-0.15, -0.1) is 0 Å². The fraction of sp³-hybridized carbons (Fsp3) is 0.381. The maximum atomic E-state index is 13.0. The molecule has 1 heterocycles. The normalized spacial score (nSPS) is 17.1. The predicted molar refractivity (Wildman–Crippen MR) is 110 cm³/mol. The first-order chi connectivity index (χ1) is 13.1. The number of hydrogen-bond donors (Lipinski definition) is 2. The van der Waals surface area contributed by atoms with Gasteiger partial charge in [-0.25, -0.2) is 4.39 Å². The smallest absolute Gasteiger partial charge is 0.166 e. The lowest BCUT2D eigenvalue weighted by Gasteiger charge is -2.38. The summed E-state index contributed by atoms with van der Waals surface area (Å²) in [6, 6.07) is 17.3. The highest BCUT2D eigenvalue weighted by Crippen LogP contribution is 2.25. The van der Waals surface area contributed by atoms with E-state index in [1.54, 1.807) is 12.1 Å². The number of ether oxygens (including phenoxy) is 1. The van der Waals surface area contributed by atoms with E-state index in [2.05, 4.69) is 46.7 Å². The Labute approximate surface area is 165 Å². The largest absolute Gasteiger partial charge is 0.379 e. The van der Waals surface area contributed by atoms with Crippen molar-refractivity contribution in [1.29, 1.82) is 0 Å². The first kappa shape index (κ1) is 19.7. The number of nitrogens with zero attached hydrogens (tertiary/aromatic N) is 1. The molecule has 2 aromatic rings. The van der Waals surface area contributed by atoms with Gasteiger partial charge in [0.1, 0.15) is 5.82 Å². The van der Waals surface area contributed by atoms with Gasteiger partial charge in [0.15, 0.2) is 5.11 Å². The van der Waals surface area contributed by atoms with E-state index in [4.69, 9.17) is 17.0 Å². The Morgan fingerprint density at radius 1 is 1.11 bits per heavy atom. The molecule has 0 bridgehead atoms. The molecule has 1 saturated heterocycles. The van der Waals surface area contributed by atoms with Gasteiger partial charge in [0, 0.05) is 25.7 Å². The van der Waals surface area contributed by atoms with E-state index in [9.17, 15) is 4.39 Å². The molecule has 0 spiro atoms. The number of halogens is 1. The van der Waals surface area contributed by atoms with Crippen molar-refractivity contribution < 1.29 is 9.13 Å². The molecule has 4 nitrogen and oxygen atoms in total. The van der Waals surface area contributed by atoms with Crippen LogP contribution < -0.4 is 10.6 Å². The van der Waals surface area contributed by atoms with Crippen LogP contribution in [0.3, 0.4) is 0 Å². The molecule has 1 fully saturated rings. The molecular formula is C21H26FN3OS. The minimum Gasteiger partial charge on any atom is -0.379 e. The Balaban J connectivity index is 1.61. The van der Waals surface area contributed by atoms with Gasteiger partial charge in [-0.1, -0.05) is 42.5 Å². The molecule has 6 heteroatoms. The Kier molecular flexibility index (Phi) is 7.15. The van der Waals surface area contributed by atoms with Crippen LogP contribution in [-0.2, 0) is 11.3 Å². The second-order valence-electron chi connectivity index (χ2n) is 6.75. The Morgan fingerprint density at radius 2 is 1.78 bits per heavy atom. The van der Waals surface area contributed by atoms with E-state index in [0.29, 0.717) is 11.7 Å². The average molecular weight is 388 g/mol. The van der Waals surface area contributed by atoms with Crippen LogP contribution in [0, 0.1) is 5.82 Å². The SMILES string of the molecule is C[C@@H](NC(=S)NCc1ccc(F)cc1)[C@@H](c1ccccc1)N1CCOCC1. The summed E-state index contributed by atoms with van der Waals surface area (Å²) in [5, 5.41) is 7.23. The lowest BCUT2D eigenvalue weighted by atomic mass is 9.98. The molecule has 2 atom stereocenters. The van der Waals surface area contributed by atoms with Crippen LogP contribution in [-0.4, -0.2) is 42.4 Å². The first-order valence-electron chi connectivity index (χ1n) is 9.29. The Bertz CT molecular complexity index is 720. The van der Waals surface area contributed by atoms with Crippen molar-refractivity contribution in [2.45, 2.75) is 25.6 Å². The molecule has 2 aromatic carbocycles. The minimum absolute atomic E-state index is 0.124. The molecule has 3 rings (SSSR count). The van der Waals surface area contributed by atoms with Crippen molar-refractivity contribution in [1.82, 2.24) is 15.5 Å². The van der Waals surface area contributed by atoms with Crippen molar-refractivity contribution in [3.05, 3.63) is 71.5 Å². The third-order valence-electron chi connectivity index (χ3n) is 4.78. The molecule has 0 saturated carbocycles. The molecule has 144 valence electrons. The zero-order valence-corrected chi connectivity index (χ0v) is 16.3. The fourth-order valence-electron chi connectivity index (χ4n) is 3.44. The second-order valence-corrected chi connectivity index (χ2v) is 7.15. The van der Waals surface area contributed by atoms with Crippen molar-refractivity contribution in [2.24, 2.45) is 0 Å². The monoisotopic (exact) mass is 387 g/mol. The number of morpholine rings is 1. The fourth-order valence-corrected chi connectivity index (χ4v) is 3.70. The van der Waals surface area contributed by atoms with Gasteiger partial charge in [-0.3, -0.25) is 4.90 Å². The maximum Gasteiger partial charge on any atom is 0.166 e. The predicted octanol–water partition coefficient (Wildman–Crippen LogP) is 3.25. The lowest BCUT2D eigenvalue weighted by molar-refractivity contribution is 0.0102. The molecule has 1 aliphatic heterocycles. The summed E-state index contributed by atoms with van der Waals surface area (Å²) in [4.78, 5) is 2.44. The number of nitrogens with one attached hydrogen (secondary N) is 2. The second kappa shape index (κ2) is 9.78. The standard InChI is InChI=1S/C21H26FN3OS/c1-16(24-21(27)23-15-17-7-9-19(22)10-8-17)20(18-5-3-2-4-6-18)25-11-13-26-14-12-25/h2-10,16,20H,11-15H2,1H3,(H2,23,24,27)/t16-,20+/m1/s1. The molecule has 0 radical (unpaired) electrons. The Hall–Kier alpha value is -2.02. The lowest BCUT2D eigenvalue weighted by Crippen LogP contribution is -2.50. The highest BCUT2D eigenvalue weighted by Gasteiger charge is 2.28. The van der Waals surface area contributed by atoms with Crippen LogP contribution in [0.15, 0.2) is 54.6 Å². The van der Waals surface area contributed by atoms with E-state index in [1.807, 2.05) is 6.07 Å². The third-order valence-corrected chi connectivity index (χ3v) is 5.04. The van der Waals surface area contributed by atoms with Gasteiger partial charge in [-0.05, 0) is 42.4 Å². The van der Waals surface area contributed by atoms with E-state index in [1.165, 1.54) is 17.7 Å². The summed E-state index contributed by atoms with van der Waals surface area (Å²) < 4.78 is 18.5. The van der Waals surface area contributed by atoms with Gasteiger partial charge in [0.25, 0.3) is 0 Å². The van der Waals surface area contributed by atoms with Crippen molar-refractivity contribution >= 4 is 17.3 Å². The van der Waals surface area contributed by atoms with Gasteiger partial charge in [0.2, 0.25) is 0 Å². The minimum atomic E-state index is -0.232. The van der Waals surface area contributed by atoms with Crippen LogP contribution in [0.25, 0.3) is 0 Å². The summed E-state index contributed by atoms with van der Waals surface area (Å²) in [5.41, 5.74) is 2.25. The first-order valence-corrected chi connectivity index (χ1v) is 9.70. The van der Waals surface area contributed by atoms with Crippen LogP contribution in [0.4, 0.5) is 4.39 Å². The van der Waals surface area contributed by atoms with Crippen molar-refractivity contribution in [3.8, 4) is 0 Å². The van der Waals surface area contributed by atoms with Crippen LogP contribution in [0.5, 0.6) is 0 Å². The maximum absolute atomic E-state index is 13.0. The molecule has 27 heavy (non-hydrogen) atoms. The van der Waals surface area contributed by atoms with Crippen LogP contribution in [0.1, 0.15) is 24.1 Å². The van der Waals surface area contributed by atoms with E-state index < -0.39 is 0 Å². The molecule has 2 N–H and O–H groups in total. The highest BCUT2D eigenvalue weighted by atomic mass is 32.1. The summed E-state index contributed by atoms with van der Waals surface area (Å²) in [6.07, 6.45) is 0. The Morgan fingerprint density at radius 3 is 2.44 bits per heavy atom. The molecular weight excluding hydrogens is 361 g/mol. The molecule has 1 aliphatic rings. The van der Waals surface area contributed by atoms with Crippen molar-refractivity contribution in [2.75, 3.05) is 26.3 Å². The van der Waals surface area contributed by atoms with Gasteiger partial charge < -0.3 is 15.4 Å². The van der Waals surface area contributed by atoms with Crippen LogP contribution in [0.2, 0.25) is 0 Å². The van der Waals surface area contributed by atoms with E-state index >= 15 is 0 Å². The molecule has 0 unspecified atom stereocenters. The van der Waals surface area contributed by atoms with E-state index in [0.717, 1.165) is 31.9 Å². The van der Waals surface area contributed by atoms with Gasteiger partial charge in [-0.2, -0.15) is 0 Å². The topological polar surface area (TPSA) is 36.5 Å². The quantitative estimate of drug-likeness (QED) is 0.744. The van der Waals surface area contributed by atoms with Crippen LogP contribution >= 0.6 is 12.2 Å². The van der Waals surface area contributed by atoms with Gasteiger partial charge >= 0.3 is 0 Å². The molecule has 0 aliphatic carbocycles. The third kappa shape index (κ3) is 5.73. The number of benzene rings is 2. The molecule has 0 amide bonds. The van der Waals surface area contributed by atoms with Crippen molar-refractivity contribution in [3.63, 3.8) is 0 Å². The zero-order chi connectivity index (χ0) is 19.1. The summed E-state index contributed by atoms with van der Waals surface area (Å²) in [6.45, 7) is 6.03. The highest BCUT2D eigenvalue weighted by molar-refractivity contribution is 7.80. The molecule has 0 aromatic heterocycles. The van der Waals surface area contributed by atoms with Gasteiger partial charge in [0.05, 0.1) is 19.3 Å². The number of hydrogen-bond acceptors (Lipinski definition) is 3. The summed E-state index contributed by atoms with van der Waals surface area (Å²) in [5.74, 6) is -0.232. The number of rotatable bonds is 6. The average Bonchev–Trinajstić information content (AvgIpc) is 2.69. The van der Waals surface area contributed by atoms with E-state index in [-0.39, 0.29) is 17.9 Å². The zero-order valence-electron chi connectivity index (χ0n) is 15.5. The summed E-state index contributed by atoms with van der Waals surface area (Å²) in [7, 11) is 0. The number of thiocarbonyl (C=S) groups is 1.